The summed E-state index contributed by atoms with van der Waals surface area (Å²) in [6.07, 6.45) is -2.10. The lowest BCUT2D eigenvalue weighted by Gasteiger charge is -2.23. The molecule has 0 aliphatic carbocycles. The van der Waals surface area contributed by atoms with E-state index in [-0.39, 0.29) is 24.5 Å². The Morgan fingerprint density at radius 2 is 2.16 bits per heavy atom. The third-order valence-corrected chi connectivity index (χ3v) is 2.53. The van der Waals surface area contributed by atoms with E-state index in [2.05, 4.69) is 4.98 Å². The zero-order valence-electron chi connectivity index (χ0n) is 10.5. The van der Waals surface area contributed by atoms with Crippen molar-refractivity contribution in [2.24, 2.45) is 0 Å². The molecule has 0 aromatic carbocycles. The van der Waals surface area contributed by atoms with Crippen molar-refractivity contribution in [3.63, 3.8) is 0 Å². The summed E-state index contributed by atoms with van der Waals surface area (Å²) in [4.78, 5) is 16.3. The van der Waals surface area contributed by atoms with E-state index in [1.165, 1.54) is 17.0 Å². The summed E-state index contributed by atoms with van der Waals surface area (Å²) < 4.78 is 24.9. The lowest BCUT2D eigenvalue weighted by molar-refractivity contribution is 0.0696. The molecule has 0 bridgehead atoms. The van der Waals surface area contributed by atoms with Crippen molar-refractivity contribution in [3.8, 4) is 0 Å². The van der Waals surface area contributed by atoms with Crippen LogP contribution < -0.4 is 4.90 Å². The molecule has 0 unspecified atom stereocenters. The van der Waals surface area contributed by atoms with Gasteiger partial charge in [0.25, 0.3) is 6.43 Å². The van der Waals surface area contributed by atoms with E-state index in [1.807, 2.05) is 0 Å². The minimum Gasteiger partial charge on any atom is -0.478 e. The summed E-state index contributed by atoms with van der Waals surface area (Å²) in [7, 11) is 0. The molecule has 0 radical (unpaired) electrons. The van der Waals surface area contributed by atoms with Crippen LogP contribution in [0.2, 0.25) is 0 Å². The van der Waals surface area contributed by atoms with Crippen LogP contribution in [-0.2, 0) is 6.42 Å². The molecule has 5 nitrogen and oxygen atoms in total. The van der Waals surface area contributed by atoms with E-state index in [1.54, 1.807) is 6.92 Å². The summed E-state index contributed by atoms with van der Waals surface area (Å²) >= 11 is 0. The summed E-state index contributed by atoms with van der Waals surface area (Å²) in [5, 5.41) is 17.9. The highest BCUT2D eigenvalue weighted by Gasteiger charge is 2.16. The SMILES string of the molecule is CCc1cc(C(=O)O)cc(N(CCO)CC(F)F)n1. The first kappa shape index (κ1) is 15.3. The van der Waals surface area contributed by atoms with Crippen molar-refractivity contribution in [3.05, 3.63) is 23.4 Å². The van der Waals surface area contributed by atoms with Crippen molar-refractivity contribution < 1.29 is 23.8 Å². The number of carboxylic acids is 1. The molecule has 0 saturated heterocycles. The number of hydrogen-bond donors (Lipinski definition) is 2. The Hall–Kier alpha value is -1.76. The Kier molecular flexibility index (Phi) is 5.62. The van der Waals surface area contributed by atoms with Crippen LogP contribution in [-0.4, -0.2) is 47.3 Å². The number of pyridine rings is 1. The summed E-state index contributed by atoms with van der Waals surface area (Å²) in [5.41, 5.74) is 0.506. The molecule has 106 valence electrons. The second-order valence-electron chi connectivity index (χ2n) is 3.92. The van der Waals surface area contributed by atoms with Crippen LogP contribution in [0.15, 0.2) is 12.1 Å². The second kappa shape index (κ2) is 6.98. The van der Waals surface area contributed by atoms with Crippen LogP contribution in [0, 0.1) is 0 Å². The monoisotopic (exact) mass is 274 g/mol. The van der Waals surface area contributed by atoms with Gasteiger partial charge in [0.2, 0.25) is 0 Å². The molecule has 1 aromatic heterocycles. The van der Waals surface area contributed by atoms with Gasteiger partial charge in [-0.3, -0.25) is 0 Å². The first-order chi connectivity index (χ1) is 8.97. The van der Waals surface area contributed by atoms with Crippen LogP contribution >= 0.6 is 0 Å². The Bertz CT molecular complexity index is 441. The Morgan fingerprint density at radius 1 is 1.47 bits per heavy atom. The molecule has 0 atom stereocenters. The maximum Gasteiger partial charge on any atom is 0.335 e. The second-order valence-corrected chi connectivity index (χ2v) is 3.92. The summed E-state index contributed by atoms with van der Waals surface area (Å²) in [6.45, 7) is 0.859. The molecule has 1 aromatic rings. The Morgan fingerprint density at radius 3 is 2.63 bits per heavy atom. The number of carboxylic acid groups (broad SMARTS) is 1. The number of aromatic carboxylic acids is 1. The van der Waals surface area contributed by atoms with Crippen LogP contribution in [0.4, 0.5) is 14.6 Å². The van der Waals surface area contributed by atoms with Gasteiger partial charge in [-0.1, -0.05) is 6.92 Å². The van der Waals surface area contributed by atoms with Gasteiger partial charge in [0, 0.05) is 12.2 Å². The fraction of sp³-hybridized carbons (Fsp3) is 0.500. The number of aliphatic hydroxyl groups excluding tert-OH is 1. The normalized spacial score (nSPS) is 10.8. The number of hydrogen-bond acceptors (Lipinski definition) is 4. The quantitative estimate of drug-likeness (QED) is 0.786. The van der Waals surface area contributed by atoms with Gasteiger partial charge in [-0.2, -0.15) is 0 Å². The molecule has 2 N–H and O–H groups in total. The van der Waals surface area contributed by atoms with Crippen molar-refractivity contribution in [2.45, 2.75) is 19.8 Å². The molecule has 7 heteroatoms. The van der Waals surface area contributed by atoms with E-state index in [0.717, 1.165) is 0 Å². The van der Waals surface area contributed by atoms with E-state index in [4.69, 9.17) is 10.2 Å². The highest BCUT2D eigenvalue weighted by atomic mass is 19.3. The minimum absolute atomic E-state index is 0.000874. The topological polar surface area (TPSA) is 73.7 Å². The highest BCUT2D eigenvalue weighted by Crippen LogP contribution is 2.17. The van der Waals surface area contributed by atoms with Gasteiger partial charge in [-0.05, 0) is 18.6 Å². The summed E-state index contributed by atoms with van der Waals surface area (Å²) in [6, 6.07) is 2.64. The average Bonchev–Trinajstić information content (AvgIpc) is 2.37. The molecule has 0 aliphatic heterocycles. The number of aromatic nitrogens is 1. The number of carbonyl (C=O) groups is 1. The third kappa shape index (κ3) is 4.44. The minimum atomic E-state index is -2.59. The average molecular weight is 274 g/mol. The van der Waals surface area contributed by atoms with Crippen molar-refractivity contribution in [1.29, 1.82) is 0 Å². The predicted molar refractivity (Wildman–Crippen MR) is 65.9 cm³/mol. The number of aryl methyl sites for hydroxylation is 1. The van der Waals surface area contributed by atoms with E-state index >= 15 is 0 Å². The van der Waals surface area contributed by atoms with Gasteiger partial charge in [0.05, 0.1) is 18.7 Å². The predicted octanol–water partition coefficient (Wildman–Crippen LogP) is 1.41. The lowest BCUT2D eigenvalue weighted by Crippen LogP contribution is -2.32. The zero-order chi connectivity index (χ0) is 14.4. The first-order valence-electron chi connectivity index (χ1n) is 5.86. The largest absolute Gasteiger partial charge is 0.478 e. The number of alkyl halides is 2. The van der Waals surface area contributed by atoms with Gasteiger partial charge >= 0.3 is 5.97 Å². The lowest BCUT2D eigenvalue weighted by atomic mass is 10.2. The first-order valence-corrected chi connectivity index (χ1v) is 5.86. The number of nitrogens with zero attached hydrogens (tertiary/aromatic N) is 2. The molecular formula is C12H16F2N2O3. The van der Waals surface area contributed by atoms with Crippen LogP contribution in [0.3, 0.4) is 0 Å². The number of aliphatic hydroxyl groups is 1. The molecule has 0 saturated carbocycles. The highest BCUT2D eigenvalue weighted by molar-refractivity contribution is 5.88. The van der Waals surface area contributed by atoms with Crippen molar-refractivity contribution in [1.82, 2.24) is 4.98 Å². The molecule has 1 heterocycles. The fourth-order valence-electron chi connectivity index (χ4n) is 1.63. The molecule has 19 heavy (non-hydrogen) atoms. The zero-order valence-corrected chi connectivity index (χ0v) is 10.5. The van der Waals surface area contributed by atoms with Gasteiger partial charge in [-0.15, -0.1) is 0 Å². The standard InChI is InChI=1S/C12H16F2N2O3/c1-2-9-5-8(12(18)19)6-11(15-9)16(3-4-17)7-10(13)14/h5-6,10,17H,2-4,7H2,1H3,(H,18,19). The maximum absolute atomic E-state index is 12.5. The summed E-state index contributed by atoms with van der Waals surface area (Å²) in [5.74, 6) is -0.995. The smallest absolute Gasteiger partial charge is 0.335 e. The molecule has 1 rings (SSSR count). The van der Waals surface area contributed by atoms with Gasteiger partial charge in [0.15, 0.2) is 0 Å². The van der Waals surface area contributed by atoms with Crippen molar-refractivity contribution >= 4 is 11.8 Å². The molecule has 0 amide bonds. The van der Waals surface area contributed by atoms with E-state index in [0.29, 0.717) is 12.1 Å². The number of anilines is 1. The molecule has 0 aliphatic rings. The van der Waals surface area contributed by atoms with Crippen LogP contribution in [0.5, 0.6) is 0 Å². The van der Waals surface area contributed by atoms with Crippen LogP contribution in [0.25, 0.3) is 0 Å². The van der Waals surface area contributed by atoms with Crippen molar-refractivity contribution in [2.75, 3.05) is 24.6 Å². The Labute approximate surface area is 109 Å². The maximum atomic E-state index is 12.5. The Balaban J connectivity index is 3.13. The van der Waals surface area contributed by atoms with E-state index in [9.17, 15) is 13.6 Å². The van der Waals surface area contributed by atoms with Crippen LogP contribution in [0.1, 0.15) is 23.0 Å². The number of halogens is 2. The van der Waals surface area contributed by atoms with Gasteiger partial charge in [0.1, 0.15) is 5.82 Å². The molecule has 0 fully saturated rings. The number of rotatable bonds is 7. The van der Waals surface area contributed by atoms with E-state index < -0.39 is 18.9 Å². The fourth-order valence-corrected chi connectivity index (χ4v) is 1.63. The molecule has 0 spiro atoms. The molecular weight excluding hydrogens is 258 g/mol. The van der Waals surface area contributed by atoms with Gasteiger partial charge in [-0.25, -0.2) is 18.6 Å². The van der Waals surface area contributed by atoms with Gasteiger partial charge < -0.3 is 15.1 Å². The third-order valence-electron chi connectivity index (χ3n) is 2.53.